The fourth-order valence-corrected chi connectivity index (χ4v) is 2.35. The number of quaternary nitrogens is 1. The Balaban J connectivity index is 0. The summed E-state index contributed by atoms with van der Waals surface area (Å²) in [6.07, 6.45) is 1.22. The van der Waals surface area contributed by atoms with Crippen LogP contribution >= 0.6 is 0 Å². The predicted octanol–water partition coefficient (Wildman–Crippen LogP) is -0.890. The average Bonchev–Trinajstić information content (AvgIpc) is 2.49. The van der Waals surface area contributed by atoms with E-state index >= 15 is 0 Å². The number of nitrogens with zero attached hydrogens (tertiary/aromatic N) is 2. The fourth-order valence-electron chi connectivity index (χ4n) is 1.86. The van der Waals surface area contributed by atoms with E-state index in [1.54, 1.807) is 32.8 Å². The van der Waals surface area contributed by atoms with Crippen LogP contribution in [0.15, 0.2) is 12.2 Å². The van der Waals surface area contributed by atoms with Gasteiger partial charge in [-0.15, -0.1) is 0 Å². The smallest absolute Gasteiger partial charge is 0.265 e. The first kappa shape index (κ1) is 27.7. The standard InChI is InChI=1S/C12H24N2O4S.C5H11NO2/c1-11(2)12(15)13-7-5-8-14(3,4)9-6-10-19(16,17)18;1-4(5(7)8)6(2)3/h1,5-10H2,2-4H3,(H-,13,15,16,17,18);4H,1-3H3,(H,7,8). The van der Waals surface area contributed by atoms with Gasteiger partial charge in [0.25, 0.3) is 10.1 Å². The number of likely N-dealkylation sites (N-methyl/N-ethyl adjacent to an activating group) is 1. The molecule has 10 heteroatoms. The number of carboxylic acids is 1. The summed E-state index contributed by atoms with van der Waals surface area (Å²) in [5.41, 5.74) is 0.488. The number of carbonyl (C=O) groups excluding carboxylic acids is 2. The number of hydrogen-bond donors (Lipinski definition) is 2. The maximum Gasteiger partial charge on any atom is 0.265 e. The molecule has 0 aliphatic heterocycles. The summed E-state index contributed by atoms with van der Waals surface area (Å²) in [5, 5.41) is 12.7. The predicted molar refractivity (Wildman–Crippen MR) is 103 cm³/mol. The van der Waals surface area contributed by atoms with Crippen LogP contribution in [0.3, 0.4) is 0 Å². The largest absolute Gasteiger partial charge is 0.548 e. The molecule has 160 valence electrons. The molecule has 0 saturated carbocycles. The van der Waals surface area contributed by atoms with Gasteiger partial charge in [-0.05, 0) is 27.9 Å². The van der Waals surface area contributed by atoms with Gasteiger partial charge in [0, 0.05) is 31.0 Å². The molecule has 0 rings (SSSR count). The van der Waals surface area contributed by atoms with Gasteiger partial charge in [0.1, 0.15) is 0 Å². The average molecular weight is 410 g/mol. The summed E-state index contributed by atoms with van der Waals surface area (Å²) in [6, 6.07) is -0.491. The van der Waals surface area contributed by atoms with Crippen LogP contribution in [-0.2, 0) is 19.7 Å². The van der Waals surface area contributed by atoms with Gasteiger partial charge in [-0.1, -0.05) is 6.58 Å². The van der Waals surface area contributed by atoms with Crippen molar-refractivity contribution in [2.24, 2.45) is 0 Å². The van der Waals surface area contributed by atoms with E-state index in [1.807, 2.05) is 14.1 Å². The zero-order chi connectivity index (χ0) is 21.8. The van der Waals surface area contributed by atoms with Gasteiger partial charge < -0.3 is 24.6 Å². The molecule has 2 N–H and O–H groups in total. The van der Waals surface area contributed by atoms with Crippen molar-refractivity contribution in [3.8, 4) is 0 Å². The van der Waals surface area contributed by atoms with Crippen molar-refractivity contribution in [1.82, 2.24) is 10.2 Å². The molecule has 0 aromatic carbocycles. The first-order valence-electron chi connectivity index (χ1n) is 8.67. The van der Waals surface area contributed by atoms with Gasteiger partial charge in [-0.2, -0.15) is 8.42 Å². The highest BCUT2D eigenvalue weighted by atomic mass is 32.2. The Kier molecular flexibility index (Phi) is 13.2. The maximum atomic E-state index is 11.2. The number of nitrogens with one attached hydrogen (secondary N) is 1. The normalized spacial score (nSPS) is 12.7. The van der Waals surface area contributed by atoms with E-state index < -0.39 is 22.1 Å². The zero-order valence-electron chi connectivity index (χ0n) is 17.3. The van der Waals surface area contributed by atoms with E-state index in [2.05, 4.69) is 11.9 Å². The molecular weight excluding hydrogens is 374 g/mol. The summed E-state index contributed by atoms with van der Waals surface area (Å²) in [6.45, 7) is 8.84. The molecular formula is C17H35N3O6S. The zero-order valence-corrected chi connectivity index (χ0v) is 18.1. The van der Waals surface area contributed by atoms with E-state index in [0.717, 1.165) is 13.0 Å². The summed E-state index contributed by atoms with van der Waals surface area (Å²) in [5.74, 6) is -1.38. The number of rotatable bonds is 11. The van der Waals surface area contributed by atoms with Gasteiger partial charge in [0.05, 0.1) is 38.9 Å². The van der Waals surface area contributed by atoms with Crippen LogP contribution in [0.25, 0.3) is 0 Å². The van der Waals surface area contributed by atoms with Crippen molar-refractivity contribution in [1.29, 1.82) is 0 Å². The third kappa shape index (κ3) is 17.7. The molecule has 0 fully saturated rings. The minimum absolute atomic E-state index is 0.142. The number of aliphatic carboxylic acids is 1. The van der Waals surface area contributed by atoms with Crippen molar-refractivity contribution in [3.05, 3.63) is 12.2 Å². The molecule has 0 spiro atoms. The Morgan fingerprint density at radius 3 is 2.04 bits per heavy atom. The van der Waals surface area contributed by atoms with Gasteiger partial charge in [-0.25, -0.2) is 0 Å². The lowest BCUT2D eigenvalue weighted by molar-refractivity contribution is -0.890. The summed E-state index contributed by atoms with van der Waals surface area (Å²) in [4.78, 5) is 22.8. The molecule has 0 aromatic heterocycles. The number of amides is 1. The first-order chi connectivity index (χ1) is 12.1. The van der Waals surface area contributed by atoms with E-state index in [9.17, 15) is 23.1 Å². The van der Waals surface area contributed by atoms with Crippen molar-refractivity contribution in [2.45, 2.75) is 32.7 Å². The summed E-state index contributed by atoms with van der Waals surface area (Å²) in [7, 11) is 3.50. The molecule has 0 radical (unpaired) electrons. The van der Waals surface area contributed by atoms with Crippen LogP contribution in [0.2, 0.25) is 0 Å². The summed E-state index contributed by atoms with van der Waals surface area (Å²) >= 11 is 0. The van der Waals surface area contributed by atoms with Crippen LogP contribution in [-0.4, -0.2) is 93.8 Å². The first-order valence-corrected chi connectivity index (χ1v) is 10.3. The van der Waals surface area contributed by atoms with E-state index in [4.69, 9.17) is 4.55 Å². The highest BCUT2D eigenvalue weighted by Crippen LogP contribution is 2.02. The monoisotopic (exact) mass is 409 g/mol. The van der Waals surface area contributed by atoms with Crippen molar-refractivity contribution < 1.29 is 32.1 Å². The molecule has 0 bridgehead atoms. The highest BCUT2D eigenvalue weighted by Gasteiger charge is 2.16. The van der Waals surface area contributed by atoms with E-state index in [1.165, 1.54) is 0 Å². The topological polar surface area (TPSA) is 127 Å². The van der Waals surface area contributed by atoms with Crippen LogP contribution in [0.1, 0.15) is 26.7 Å². The Morgan fingerprint density at radius 2 is 1.70 bits per heavy atom. The second kappa shape index (κ2) is 12.8. The van der Waals surface area contributed by atoms with E-state index in [0.29, 0.717) is 29.6 Å². The van der Waals surface area contributed by atoms with Crippen molar-refractivity contribution >= 4 is 22.0 Å². The molecule has 9 nitrogen and oxygen atoms in total. The molecule has 27 heavy (non-hydrogen) atoms. The molecule has 1 amide bonds. The minimum Gasteiger partial charge on any atom is -0.548 e. The third-order valence-electron chi connectivity index (χ3n) is 3.89. The van der Waals surface area contributed by atoms with E-state index in [-0.39, 0.29) is 11.7 Å². The van der Waals surface area contributed by atoms with Gasteiger partial charge in [0.2, 0.25) is 5.91 Å². The molecule has 0 aliphatic carbocycles. The second-order valence-corrected chi connectivity index (χ2v) is 8.94. The van der Waals surface area contributed by atoms with Crippen LogP contribution in [0, 0.1) is 0 Å². The fraction of sp³-hybridized carbons (Fsp3) is 0.765. The molecule has 1 atom stereocenters. The van der Waals surface area contributed by atoms with Gasteiger partial charge >= 0.3 is 0 Å². The highest BCUT2D eigenvalue weighted by molar-refractivity contribution is 7.85. The molecule has 0 aromatic rings. The Morgan fingerprint density at radius 1 is 1.22 bits per heavy atom. The lowest BCUT2D eigenvalue weighted by Gasteiger charge is -2.29. The molecule has 1 unspecified atom stereocenters. The Hall–Kier alpha value is -1.49. The lowest BCUT2D eigenvalue weighted by Crippen LogP contribution is -2.43. The van der Waals surface area contributed by atoms with Crippen LogP contribution < -0.4 is 10.4 Å². The SMILES string of the molecule is C=C(C)C(=O)NCCC[N+](C)(C)CCCS(=O)(=O)O.CC(C(=O)[O-])N(C)C. The maximum absolute atomic E-state index is 11.2. The molecule has 0 heterocycles. The van der Waals surface area contributed by atoms with Crippen molar-refractivity contribution in [2.75, 3.05) is 53.6 Å². The molecule has 0 aliphatic rings. The number of carbonyl (C=O) groups is 2. The van der Waals surface area contributed by atoms with Gasteiger partial charge in [-0.3, -0.25) is 9.35 Å². The van der Waals surface area contributed by atoms with Crippen molar-refractivity contribution in [3.63, 3.8) is 0 Å². The Labute approximate surface area is 163 Å². The van der Waals surface area contributed by atoms with Crippen LogP contribution in [0.4, 0.5) is 0 Å². The van der Waals surface area contributed by atoms with Crippen LogP contribution in [0.5, 0.6) is 0 Å². The Bertz CT molecular complexity index is 587. The minimum atomic E-state index is -3.87. The lowest BCUT2D eigenvalue weighted by atomic mass is 10.3. The second-order valence-electron chi connectivity index (χ2n) is 7.37. The number of carboxylic acid groups (broad SMARTS) is 1. The summed E-state index contributed by atoms with van der Waals surface area (Å²) < 4.78 is 30.5. The third-order valence-corrected chi connectivity index (χ3v) is 4.70. The van der Waals surface area contributed by atoms with Gasteiger partial charge in [0.15, 0.2) is 0 Å². The quantitative estimate of drug-likeness (QED) is 0.196. The molecule has 0 saturated heterocycles. The number of hydrogen-bond acceptors (Lipinski definition) is 6.